The van der Waals surface area contributed by atoms with Gasteiger partial charge in [-0.1, -0.05) is 29.8 Å². The topological polar surface area (TPSA) is 66.5 Å². The molecule has 160 valence electrons. The van der Waals surface area contributed by atoms with E-state index >= 15 is 0 Å². The summed E-state index contributed by atoms with van der Waals surface area (Å²) in [6.45, 7) is 4.78. The minimum atomic E-state index is -3.45. The van der Waals surface area contributed by atoms with Crippen LogP contribution in [0.4, 0.5) is 5.69 Å². The van der Waals surface area contributed by atoms with Gasteiger partial charge in [0.25, 0.3) is 5.91 Å². The van der Waals surface area contributed by atoms with Crippen LogP contribution in [-0.4, -0.2) is 27.1 Å². The normalized spacial score (nSPS) is 14.2. The van der Waals surface area contributed by atoms with E-state index in [1.807, 2.05) is 44.2 Å². The van der Waals surface area contributed by atoms with Gasteiger partial charge in [0.05, 0.1) is 18.5 Å². The van der Waals surface area contributed by atoms with Gasteiger partial charge in [-0.15, -0.1) is 0 Å². The molecule has 0 atom stereocenters. The number of amides is 1. The molecular formula is C24H30N2O3S. The van der Waals surface area contributed by atoms with Gasteiger partial charge < -0.3 is 5.32 Å². The second-order valence-electron chi connectivity index (χ2n) is 8.03. The van der Waals surface area contributed by atoms with Gasteiger partial charge in [-0.25, -0.2) is 8.42 Å². The first kappa shape index (κ1) is 22.1. The van der Waals surface area contributed by atoms with Gasteiger partial charge in [-0.05, 0) is 80.5 Å². The lowest BCUT2D eigenvalue weighted by atomic mass is 9.99. The zero-order chi connectivity index (χ0) is 21.7. The van der Waals surface area contributed by atoms with Gasteiger partial charge in [-0.2, -0.15) is 0 Å². The largest absolute Gasteiger partial charge is 0.348 e. The molecule has 0 aliphatic heterocycles. The zero-order valence-electron chi connectivity index (χ0n) is 17.9. The van der Waals surface area contributed by atoms with Gasteiger partial charge in [0.2, 0.25) is 10.0 Å². The molecule has 0 heterocycles. The molecule has 2 aromatic carbocycles. The fourth-order valence-electron chi connectivity index (χ4n) is 3.57. The molecule has 5 nitrogen and oxygen atoms in total. The third kappa shape index (κ3) is 5.72. The molecule has 3 rings (SSSR count). The minimum Gasteiger partial charge on any atom is -0.348 e. The molecule has 2 aromatic rings. The van der Waals surface area contributed by atoms with Crippen LogP contribution in [0.5, 0.6) is 0 Å². The molecule has 0 saturated heterocycles. The molecule has 1 aliphatic carbocycles. The average Bonchev–Trinajstić information content (AvgIpc) is 2.73. The summed E-state index contributed by atoms with van der Waals surface area (Å²) >= 11 is 0. The first-order valence-corrected chi connectivity index (χ1v) is 12.2. The van der Waals surface area contributed by atoms with Gasteiger partial charge in [0.15, 0.2) is 0 Å². The Morgan fingerprint density at radius 1 is 1.03 bits per heavy atom. The van der Waals surface area contributed by atoms with E-state index in [2.05, 4.69) is 11.4 Å². The molecule has 0 unspecified atom stereocenters. The number of hydrogen-bond donors (Lipinski definition) is 1. The number of nitrogens with one attached hydrogen (secondary N) is 1. The van der Waals surface area contributed by atoms with Gasteiger partial charge in [0.1, 0.15) is 0 Å². The molecule has 0 saturated carbocycles. The van der Waals surface area contributed by atoms with Crippen LogP contribution in [0.1, 0.15) is 52.7 Å². The zero-order valence-corrected chi connectivity index (χ0v) is 18.8. The van der Waals surface area contributed by atoms with Gasteiger partial charge >= 0.3 is 0 Å². The van der Waals surface area contributed by atoms with Gasteiger partial charge in [-0.3, -0.25) is 9.10 Å². The Hall–Kier alpha value is -2.60. The van der Waals surface area contributed by atoms with Crippen molar-refractivity contribution in [3.8, 4) is 0 Å². The highest BCUT2D eigenvalue weighted by atomic mass is 32.2. The molecule has 0 aromatic heterocycles. The van der Waals surface area contributed by atoms with Crippen molar-refractivity contribution < 1.29 is 13.2 Å². The molecule has 0 fully saturated rings. The second-order valence-corrected chi connectivity index (χ2v) is 9.93. The van der Waals surface area contributed by atoms with Crippen LogP contribution < -0.4 is 9.62 Å². The molecule has 0 spiro atoms. The number of nitrogens with zero attached hydrogens (tertiary/aromatic N) is 1. The van der Waals surface area contributed by atoms with E-state index in [9.17, 15) is 13.2 Å². The van der Waals surface area contributed by atoms with Crippen molar-refractivity contribution in [1.29, 1.82) is 0 Å². The van der Waals surface area contributed by atoms with Crippen molar-refractivity contribution in [2.24, 2.45) is 0 Å². The van der Waals surface area contributed by atoms with E-state index in [1.165, 1.54) is 29.0 Å². The molecule has 30 heavy (non-hydrogen) atoms. The maximum absolute atomic E-state index is 12.4. The lowest BCUT2D eigenvalue weighted by Crippen LogP contribution is -2.29. The lowest BCUT2D eigenvalue weighted by molar-refractivity contribution is 0.0956. The number of rotatable bonds is 7. The summed E-state index contributed by atoms with van der Waals surface area (Å²) in [5.74, 6) is -0.109. The van der Waals surface area contributed by atoms with Crippen LogP contribution in [0, 0.1) is 13.8 Å². The summed E-state index contributed by atoms with van der Waals surface area (Å²) in [4.78, 5) is 12.4. The third-order valence-corrected chi connectivity index (χ3v) is 6.72. The maximum atomic E-state index is 12.4. The molecule has 1 N–H and O–H groups in total. The Balaban J connectivity index is 1.70. The van der Waals surface area contributed by atoms with Crippen molar-refractivity contribution in [3.63, 3.8) is 0 Å². The minimum absolute atomic E-state index is 0.109. The molecule has 1 amide bonds. The number of aryl methyl sites for hydroxylation is 2. The number of sulfonamides is 1. The fraction of sp³-hybridized carbons (Fsp3) is 0.375. The molecule has 1 aliphatic rings. The number of hydrogen-bond acceptors (Lipinski definition) is 3. The summed E-state index contributed by atoms with van der Waals surface area (Å²) in [6.07, 6.45) is 8.00. The van der Waals surface area contributed by atoms with Crippen molar-refractivity contribution in [2.45, 2.75) is 46.1 Å². The lowest BCUT2D eigenvalue weighted by Gasteiger charge is -2.23. The number of anilines is 1. The number of carbonyl (C=O) groups is 1. The molecular weight excluding hydrogens is 396 g/mol. The molecule has 6 heteroatoms. The number of benzene rings is 2. The monoisotopic (exact) mass is 426 g/mol. The van der Waals surface area contributed by atoms with Crippen LogP contribution in [0.15, 0.2) is 54.1 Å². The Morgan fingerprint density at radius 2 is 1.77 bits per heavy atom. The van der Waals surface area contributed by atoms with Crippen LogP contribution in [-0.2, 0) is 16.6 Å². The summed E-state index contributed by atoms with van der Waals surface area (Å²) in [7, 11) is -3.45. The van der Waals surface area contributed by atoms with E-state index in [4.69, 9.17) is 0 Å². The predicted molar refractivity (Wildman–Crippen MR) is 122 cm³/mol. The van der Waals surface area contributed by atoms with Crippen molar-refractivity contribution in [2.75, 3.05) is 17.1 Å². The van der Waals surface area contributed by atoms with Crippen LogP contribution in [0.3, 0.4) is 0 Å². The standard InChI is InChI=1S/C24H30N2O3S/c1-18-9-14-23(15-19(18)2)26(30(3,28)29)17-21-10-12-22(13-11-21)24(27)25-16-20-7-5-4-6-8-20/h7,9-15H,4-6,8,16-17H2,1-3H3,(H,25,27). The van der Waals surface area contributed by atoms with E-state index in [0.29, 0.717) is 17.8 Å². The van der Waals surface area contributed by atoms with Crippen molar-refractivity contribution in [1.82, 2.24) is 5.32 Å². The first-order chi connectivity index (χ1) is 14.2. The smallest absolute Gasteiger partial charge is 0.251 e. The third-order valence-electron chi connectivity index (χ3n) is 5.58. The van der Waals surface area contributed by atoms with Crippen LogP contribution in [0.25, 0.3) is 0 Å². The summed E-state index contributed by atoms with van der Waals surface area (Å²) < 4.78 is 26.2. The maximum Gasteiger partial charge on any atom is 0.251 e. The Morgan fingerprint density at radius 3 is 2.37 bits per heavy atom. The van der Waals surface area contributed by atoms with E-state index in [-0.39, 0.29) is 12.5 Å². The Kier molecular flexibility index (Phi) is 6.98. The quantitative estimate of drug-likeness (QED) is 0.663. The van der Waals surface area contributed by atoms with Crippen LogP contribution >= 0.6 is 0 Å². The highest BCUT2D eigenvalue weighted by Gasteiger charge is 2.18. The SMILES string of the molecule is Cc1ccc(N(Cc2ccc(C(=O)NCC3=CCCCC3)cc2)S(C)(=O)=O)cc1C. The van der Waals surface area contributed by atoms with E-state index in [0.717, 1.165) is 29.5 Å². The van der Waals surface area contributed by atoms with Gasteiger partial charge in [0, 0.05) is 12.1 Å². The Bertz CT molecular complexity index is 1040. The van der Waals surface area contributed by atoms with Crippen LogP contribution in [0.2, 0.25) is 0 Å². The highest BCUT2D eigenvalue weighted by Crippen LogP contribution is 2.23. The highest BCUT2D eigenvalue weighted by molar-refractivity contribution is 7.92. The summed E-state index contributed by atoms with van der Waals surface area (Å²) in [6, 6.07) is 12.8. The summed E-state index contributed by atoms with van der Waals surface area (Å²) in [5, 5.41) is 2.98. The van der Waals surface area contributed by atoms with E-state index in [1.54, 1.807) is 12.1 Å². The fourth-order valence-corrected chi connectivity index (χ4v) is 4.45. The van der Waals surface area contributed by atoms with Crippen molar-refractivity contribution in [3.05, 3.63) is 76.4 Å². The summed E-state index contributed by atoms with van der Waals surface area (Å²) in [5.41, 5.74) is 5.50. The van der Waals surface area contributed by atoms with E-state index < -0.39 is 10.0 Å². The second kappa shape index (κ2) is 9.47. The predicted octanol–water partition coefficient (Wildman–Crippen LogP) is 4.50. The van der Waals surface area contributed by atoms with Crippen molar-refractivity contribution >= 4 is 21.6 Å². The number of allylic oxidation sites excluding steroid dienone is 1. The Labute approximate surface area is 179 Å². The average molecular weight is 427 g/mol. The number of carbonyl (C=O) groups excluding carboxylic acids is 1. The molecule has 0 bridgehead atoms. The first-order valence-electron chi connectivity index (χ1n) is 10.3. The molecule has 0 radical (unpaired) electrons.